The fourth-order valence-electron chi connectivity index (χ4n) is 2.11. The number of carbonyl (C=O) groups is 2. The molecule has 0 fully saturated rings. The summed E-state index contributed by atoms with van der Waals surface area (Å²) in [7, 11) is 0. The van der Waals surface area contributed by atoms with Crippen molar-refractivity contribution < 1.29 is 14.7 Å². The maximum absolute atomic E-state index is 12.2. The fourth-order valence-corrected chi connectivity index (χ4v) is 2.11. The molecule has 0 aliphatic heterocycles. The van der Waals surface area contributed by atoms with E-state index < -0.39 is 17.9 Å². The maximum atomic E-state index is 12.2. The van der Waals surface area contributed by atoms with Crippen molar-refractivity contribution in [1.29, 1.82) is 0 Å². The Kier molecular flexibility index (Phi) is 4.49. The molecule has 2 aromatic rings. The van der Waals surface area contributed by atoms with E-state index in [4.69, 9.17) is 0 Å². The molecule has 118 valence electrons. The van der Waals surface area contributed by atoms with Crippen LogP contribution < -0.4 is 5.32 Å². The van der Waals surface area contributed by atoms with Gasteiger partial charge in [0.15, 0.2) is 0 Å². The van der Waals surface area contributed by atoms with Crippen LogP contribution >= 0.6 is 0 Å². The molecule has 2 N–H and O–H groups in total. The topological polar surface area (TPSA) is 83.7 Å². The van der Waals surface area contributed by atoms with Gasteiger partial charge in [0.2, 0.25) is 0 Å². The molecular formula is C16H21N3O3. The minimum absolute atomic E-state index is 0.0154. The molecule has 6 nitrogen and oxygen atoms in total. The largest absolute Gasteiger partial charge is 0.480 e. The van der Waals surface area contributed by atoms with Crippen molar-refractivity contribution in [3.63, 3.8) is 0 Å². The molecule has 0 spiro atoms. The van der Waals surface area contributed by atoms with Crippen LogP contribution in [-0.4, -0.2) is 32.4 Å². The molecular weight excluding hydrogens is 282 g/mol. The third-order valence-electron chi connectivity index (χ3n) is 3.38. The number of aliphatic carboxylic acids is 1. The van der Waals surface area contributed by atoms with Crippen molar-refractivity contribution in [1.82, 2.24) is 14.7 Å². The molecule has 0 radical (unpaired) electrons. The van der Waals surface area contributed by atoms with E-state index in [9.17, 15) is 14.7 Å². The zero-order chi connectivity index (χ0) is 16.3. The summed E-state index contributed by atoms with van der Waals surface area (Å²) in [4.78, 5) is 27.7. The van der Waals surface area contributed by atoms with Gasteiger partial charge in [0.25, 0.3) is 5.91 Å². The lowest BCUT2D eigenvalue weighted by molar-refractivity contribution is -0.139. The molecule has 6 heteroatoms. The number of imidazole rings is 1. The lowest BCUT2D eigenvalue weighted by Crippen LogP contribution is -2.41. The van der Waals surface area contributed by atoms with Crippen LogP contribution in [0.25, 0.3) is 5.65 Å². The van der Waals surface area contributed by atoms with Crippen molar-refractivity contribution in [3.8, 4) is 0 Å². The Morgan fingerprint density at radius 3 is 2.68 bits per heavy atom. The molecule has 0 aliphatic carbocycles. The first-order valence-electron chi connectivity index (χ1n) is 7.24. The molecule has 2 heterocycles. The van der Waals surface area contributed by atoms with Gasteiger partial charge in [-0.1, -0.05) is 26.8 Å². The Hall–Kier alpha value is -2.37. The molecule has 0 aromatic carbocycles. The normalized spacial score (nSPS) is 13.0. The number of hydrogen-bond acceptors (Lipinski definition) is 3. The average molecular weight is 303 g/mol. The van der Waals surface area contributed by atoms with Gasteiger partial charge in [0.1, 0.15) is 17.4 Å². The van der Waals surface area contributed by atoms with E-state index in [0.29, 0.717) is 18.5 Å². The van der Waals surface area contributed by atoms with Gasteiger partial charge in [-0.3, -0.25) is 4.79 Å². The first-order chi connectivity index (χ1) is 10.3. The Bertz CT molecular complexity index is 652. The fraction of sp³-hybridized carbons (Fsp3) is 0.438. The number of fused-ring (bicyclic) bond motifs is 1. The van der Waals surface area contributed by atoms with Crippen LogP contribution in [0.15, 0.2) is 30.6 Å². The van der Waals surface area contributed by atoms with Crippen LogP contribution in [0.4, 0.5) is 0 Å². The van der Waals surface area contributed by atoms with Gasteiger partial charge in [0.05, 0.1) is 0 Å². The van der Waals surface area contributed by atoms with Crippen molar-refractivity contribution in [2.75, 3.05) is 0 Å². The molecule has 0 saturated heterocycles. The maximum Gasteiger partial charge on any atom is 0.326 e. The molecule has 0 bridgehead atoms. The number of rotatable bonds is 5. The summed E-state index contributed by atoms with van der Waals surface area (Å²) < 4.78 is 1.72. The predicted octanol–water partition coefficient (Wildman–Crippen LogP) is 2.34. The van der Waals surface area contributed by atoms with Crippen LogP contribution in [0, 0.1) is 5.41 Å². The van der Waals surface area contributed by atoms with Gasteiger partial charge in [-0.25, -0.2) is 9.78 Å². The SMILES string of the molecule is CC(C)(C)CCC(NC(=O)c1cn2ccccc2n1)C(=O)O. The lowest BCUT2D eigenvalue weighted by Gasteiger charge is -2.21. The van der Waals surface area contributed by atoms with Gasteiger partial charge in [-0.2, -0.15) is 0 Å². The average Bonchev–Trinajstić information content (AvgIpc) is 2.85. The number of carboxylic acid groups (broad SMARTS) is 1. The summed E-state index contributed by atoms with van der Waals surface area (Å²) in [5.41, 5.74) is 0.879. The number of hydrogen-bond donors (Lipinski definition) is 2. The Morgan fingerprint density at radius 2 is 2.09 bits per heavy atom. The second-order valence-corrected chi connectivity index (χ2v) is 6.56. The molecule has 1 unspecified atom stereocenters. The van der Waals surface area contributed by atoms with E-state index in [0.717, 1.165) is 0 Å². The zero-order valence-electron chi connectivity index (χ0n) is 13.0. The smallest absolute Gasteiger partial charge is 0.326 e. The van der Waals surface area contributed by atoms with E-state index in [2.05, 4.69) is 10.3 Å². The third-order valence-corrected chi connectivity index (χ3v) is 3.38. The Labute approximate surface area is 129 Å². The zero-order valence-corrected chi connectivity index (χ0v) is 13.0. The second-order valence-electron chi connectivity index (χ2n) is 6.56. The summed E-state index contributed by atoms with van der Waals surface area (Å²) in [5.74, 6) is -1.49. The predicted molar refractivity (Wildman–Crippen MR) is 82.8 cm³/mol. The summed E-state index contributed by atoms with van der Waals surface area (Å²) in [6, 6.07) is 4.54. The molecule has 22 heavy (non-hydrogen) atoms. The van der Waals surface area contributed by atoms with Crippen molar-refractivity contribution in [2.24, 2.45) is 5.41 Å². The monoisotopic (exact) mass is 303 g/mol. The van der Waals surface area contributed by atoms with Gasteiger partial charge in [-0.05, 0) is 30.4 Å². The molecule has 2 rings (SSSR count). The van der Waals surface area contributed by atoms with Gasteiger partial charge < -0.3 is 14.8 Å². The first-order valence-corrected chi connectivity index (χ1v) is 7.24. The molecule has 1 atom stereocenters. The number of aromatic nitrogens is 2. The van der Waals surface area contributed by atoms with Gasteiger partial charge in [0, 0.05) is 12.4 Å². The number of nitrogens with zero attached hydrogens (tertiary/aromatic N) is 2. The quantitative estimate of drug-likeness (QED) is 0.888. The van der Waals surface area contributed by atoms with Crippen LogP contribution in [0.3, 0.4) is 0 Å². The van der Waals surface area contributed by atoms with Crippen LogP contribution in [0.5, 0.6) is 0 Å². The second kappa shape index (κ2) is 6.17. The van der Waals surface area contributed by atoms with E-state index in [1.807, 2.05) is 32.9 Å². The molecule has 2 aromatic heterocycles. The highest BCUT2D eigenvalue weighted by Crippen LogP contribution is 2.21. The van der Waals surface area contributed by atoms with Gasteiger partial charge in [-0.15, -0.1) is 0 Å². The van der Waals surface area contributed by atoms with E-state index in [1.54, 1.807) is 22.9 Å². The number of carbonyl (C=O) groups excluding carboxylic acids is 1. The number of carboxylic acids is 1. The minimum Gasteiger partial charge on any atom is -0.480 e. The van der Waals surface area contributed by atoms with E-state index in [1.165, 1.54) is 0 Å². The Balaban J connectivity index is 2.08. The highest BCUT2D eigenvalue weighted by Gasteiger charge is 2.24. The summed E-state index contributed by atoms with van der Waals surface area (Å²) in [6.45, 7) is 6.11. The lowest BCUT2D eigenvalue weighted by atomic mass is 9.88. The van der Waals surface area contributed by atoms with Crippen molar-refractivity contribution >= 4 is 17.5 Å². The van der Waals surface area contributed by atoms with Crippen LogP contribution in [-0.2, 0) is 4.79 Å². The van der Waals surface area contributed by atoms with Crippen LogP contribution in [0.1, 0.15) is 44.1 Å². The third kappa shape index (κ3) is 4.07. The number of amides is 1. The summed E-state index contributed by atoms with van der Waals surface area (Å²) >= 11 is 0. The standard InChI is InChI=1S/C16H21N3O3/c1-16(2,3)8-7-11(15(21)22)18-14(20)12-10-19-9-5-4-6-13(19)17-12/h4-6,9-11H,7-8H2,1-3H3,(H,18,20)(H,21,22). The number of nitrogens with one attached hydrogen (secondary N) is 1. The molecule has 1 amide bonds. The number of pyridine rings is 1. The Morgan fingerprint density at radius 1 is 1.36 bits per heavy atom. The highest BCUT2D eigenvalue weighted by molar-refractivity contribution is 5.95. The summed E-state index contributed by atoms with van der Waals surface area (Å²) in [5, 5.41) is 11.8. The highest BCUT2D eigenvalue weighted by atomic mass is 16.4. The molecule has 0 aliphatic rings. The first kappa shape index (κ1) is 16.0. The van der Waals surface area contributed by atoms with Crippen molar-refractivity contribution in [2.45, 2.75) is 39.7 Å². The van der Waals surface area contributed by atoms with E-state index >= 15 is 0 Å². The van der Waals surface area contributed by atoms with Gasteiger partial charge >= 0.3 is 5.97 Å². The molecule has 0 saturated carbocycles. The summed E-state index contributed by atoms with van der Waals surface area (Å²) in [6.07, 6.45) is 4.47. The van der Waals surface area contributed by atoms with E-state index in [-0.39, 0.29) is 11.1 Å². The van der Waals surface area contributed by atoms with Crippen molar-refractivity contribution in [3.05, 3.63) is 36.3 Å². The van der Waals surface area contributed by atoms with Crippen LogP contribution in [0.2, 0.25) is 0 Å². The minimum atomic E-state index is -1.03.